The van der Waals surface area contributed by atoms with Crippen molar-refractivity contribution in [3.05, 3.63) is 41.2 Å². The number of rotatable bonds is 2. The zero-order valence-electron chi connectivity index (χ0n) is 8.39. The molecule has 13 heavy (non-hydrogen) atoms. The van der Waals surface area contributed by atoms with Gasteiger partial charge in [0.05, 0.1) is 0 Å². The van der Waals surface area contributed by atoms with Crippen LogP contribution in [0, 0.1) is 6.92 Å². The quantitative estimate of drug-likeness (QED) is 0.639. The highest BCUT2D eigenvalue weighted by Crippen LogP contribution is 2.25. The Balaban J connectivity index is 3.21. The van der Waals surface area contributed by atoms with Gasteiger partial charge in [-0.3, -0.25) is 0 Å². The van der Waals surface area contributed by atoms with Gasteiger partial charge in [-0.25, -0.2) is 4.39 Å². The first-order valence-corrected chi connectivity index (χ1v) is 4.58. The third-order valence-corrected chi connectivity index (χ3v) is 2.24. The van der Waals surface area contributed by atoms with E-state index in [-0.39, 0.29) is 5.83 Å². The third-order valence-electron chi connectivity index (χ3n) is 2.24. The van der Waals surface area contributed by atoms with Gasteiger partial charge >= 0.3 is 0 Å². The Bertz CT molecular complexity index is 320. The van der Waals surface area contributed by atoms with Crippen LogP contribution in [-0.4, -0.2) is 0 Å². The Morgan fingerprint density at radius 2 is 1.92 bits per heavy atom. The fraction of sp³-hybridized carbons (Fsp3) is 0.333. The van der Waals surface area contributed by atoms with Crippen LogP contribution in [0.4, 0.5) is 4.39 Å². The maximum atomic E-state index is 13.1. The van der Waals surface area contributed by atoms with E-state index in [0.29, 0.717) is 0 Å². The van der Waals surface area contributed by atoms with Gasteiger partial charge in [0.2, 0.25) is 0 Å². The second kappa shape index (κ2) is 4.22. The molecule has 0 amide bonds. The van der Waals surface area contributed by atoms with E-state index in [0.717, 1.165) is 23.1 Å². The first kappa shape index (κ1) is 9.97. The molecular formula is C12H15F. The molecule has 0 nitrogen and oxygen atoms in total. The van der Waals surface area contributed by atoms with Crippen molar-refractivity contribution in [2.75, 3.05) is 0 Å². The van der Waals surface area contributed by atoms with Crippen LogP contribution >= 0.6 is 0 Å². The van der Waals surface area contributed by atoms with Gasteiger partial charge in [0.25, 0.3) is 0 Å². The molecule has 0 unspecified atom stereocenters. The van der Waals surface area contributed by atoms with Gasteiger partial charge in [-0.05, 0) is 37.0 Å². The number of hydrogen-bond donors (Lipinski definition) is 0. The average Bonchev–Trinajstić information content (AvgIpc) is 2.09. The molecule has 0 aliphatic carbocycles. The lowest BCUT2D eigenvalue weighted by atomic mass is 9.98. The van der Waals surface area contributed by atoms with Crippen molar-refractivity contribution in [1.82, 2.24) is 0 Å². The Morgan fingerprint density at radius 1 is 1.31 bits per heavy atom. The standard InChI is InChI=1S/C12H15F/c1-4-11(10(3)13)12-8-6-5-7-9(12)2/h5-8H,4H2,1-3H3/b11-10+. The number of benzene rings is 1. The zero-order chi connectivity index (χ0) is 9.84. The van der Waals surface area contributed by atoms with Gasteiger partial charge in [0.15, 0.2) is 0 Å². The van der Waals surface area contributed by atoms with E-state index < -0.39 is 0 Å². The fourth-order valence-corrected chi connectivity index (χ4v) is 1.53. The van der Waals surface area contributed by atoms with Crippen LogP contribution in [0.25, 0.3) is 5.57 Å². The van der Waals surface area contributed by atoms with Gasteiger partial charge in [-0.15, -0.1) is 0 Å². The SMILES string of the molecule is CC/C(=C(/C)F)c1ccccc1C. The third kappa shape index (κ3) is 2.18. The fourth-order valence-electron chi connectivity index (χ4n) is 1.53. The number of aryl methyl sites for hydroxylation is 1. The molecule has 1 rings (SSSR count). The minimum Gasteiger partial charge on any atom is -0.212 e. The highest BCUT2D eigenvalue weighted by Gasteiger charge is 2.05. The van der Waals surface area contributed by atoms with Crippen LogP contribution in [0.2, 0.25) is 0 Å². The molecule has 0 bridgehead atoms. The molecule has 0 radical (unpaired) electrons. The van der Waals surface area contributed by atoms with Crippen molar-refractivity contribution >= 4 is 5.57 Å². The predicted molar refractivity (Wildman–Crippen MR) is 55.2 cm³/mol. The maximum absolute atomic E-state index is 13.1. The topological polar surface area (TPSA) is 0 Å². The molecular weight excluding hydrogens is 163 g/mol. The van der Waals surface area contributed by atoms with Gasteiger partial charge < -0.3 is 0 Å². The van der Waals surface area contributed by atoms with Crippen LogP contribution in [0.3, 0.4) is 0 Å². The van der Waals surface area contributed by atoms with Gasteiger partial charge in [0, 0.05) is 0 Å². The molecule has 0 N–H and O–H groups in total. The normalized spacial score (nSPS) is 12.6. The summed E-state index contributed by atoms with van der Waals surface area (Å²) >= 11 is 0. The van der Waals surface area contributed by atoms with Gasteiger partial charge in [-0.1, -0.05) is 31.2 Å². The highest BCUT2D eigenvalue weighted by atomic mass is 19.1. The minimum absolute atomic E-state index is 0.0724. The summed E-state index contributed by atoms with van der Waals surface area (Å²) in [6.45, 7) is 5.50. The van der Waals surface area contributed by atoms with Crippen LogP contribution in [-0.2, 0) is 0 Å². The summed E-state index contributed by atoms with van der Waals surface area (Å²) in [6.07, 6.45) is 0.743. The molecule has 0 fully saturated rings. The summed E-state index contributed by atoms with van der Waals surface area (Å²) in [5.74, 6) is -0.0724. The molecule has 1 heteroatoms. The van der Waals surface area contributed by atoms with Crippen molar-refractivity contribution < 1.29 is 4.39 Å². The molecule has 70 valence electrons. The van der Waals surface area contributed by atoms with E-state index in [1.54, 1.807) is 0 Å². The Hall–Kier alpha value is -1.11. The maximum Gasteiger partial charge on any atom is 0.101 e. The van der Waals surface area contributed by atoms with E-state index in [9.17, 15) is 4.39 Å². The molecule has 0 atom stereocenters. The highest BCUT2D eigenvalue weighted by molar-refractivity contribution is 5.69. The zero-order valence-corrected chi connectivity index (χ0v) is 8.39. The molecule has 0 saturated heterocycles. The summed E-state index contributed by atoms with van der Waals surface area (Å²) < 4.78 is 13.1. The predicted octanol–water partition coefficient (Wildman–Crippen LogP) is 4.11. The summed E-state index contributed by atoms with van der Waals surface area (Å²) in [4.78, 5) is 0. The van der Waals surface area contributed by atoms with Crippen molar-refractivity contribution in [2.45, 2.75) is 27.2 Å². The average molecular weight is 178 g/mol. The smallest absolute Gasteiger partial charge is 0.101 e. The number of halogens is 1. The van der Waals surface area contributed by atoms with Gasteiger partial charge in [-0.2, -0.15) is 0 Å². The van der Waals surface area contributed by atoms with Crippen LogP contribution in [0.15, 0.2) is 30.1 Å². The van der Waals surface area contributed by atoms with Crippen LogP contribution < -0.4 is 0 Å². The molecule has 0 aliphatic heterocycles. The lowest BCUT2D eigenvalue weighted by molar-refractivity contribution is 0.640. The monoisotopic (exact) mass is 178 g/mol. The van der Waals surface area contributed by atoms with Crippen molar-refractivity contribution in [2.24, 2.45) is 0 Å². The molecule has 1 aromatic carbocycles. The van der Waals surface area contributed by atoms with E-state index in [1.165, 1.54) is 6.92 Å². The summed E-state index contributed by atoms with van der Waals surface area (Å²) in [5.41, 5.74) is 2.99. The Labute approximate surface area is 79.1 Å². The van der Waals surface area contributed by atoms with Crippen molar-refractivity contribution in [3.8, 4) is 0 Å². The minimum atomic E-state index is -0.0724. The summed E-state index contributed by atoms with van der Waals surface area (Å²) in [7, 11) is 0. The van der Waals surface area contributed by atoms with Crippen LogP contribution in [0.1, 0.15) is 31.4 Å². The van der Waals surface area contributed by atoms with E-state index in [1.807, 2.05) is 38.1 Å². The Morgan fingerprint density at radius 3 is 2.38 bits per heavy atom. The van der Waals surface area contributed by atoms with E-state index in [4.69, 9.17) is 0 Å². The molecule has 0 spiro atoms. The second-order valence-electron chi connectivity index (χ2n) is 3.18. The van der Waals surface area contributed by atoms with E-state index in [2.05, 4.69) is 0 Å². The molecule has 0 saturated carbocycles. The largest absolute Gasteiger partial charge is 0.212 e. The summed E-state index contributed by atoms with van der Waals surface area (Å²) in [6, 6.07) is 7.89. The molecule has 0 aromatic heterocycles. The Kier molecular flexibility index (Phi) is 3.24. The first-order chi connectivity index (χ1) is 6.16. The lowest BCUT2D eigenvalue weighted by Gasteiger charge is -2.08. The number of allylic oxidation sites excluding steroid dienone is 2. The number of hydrogen-bond acceptors (Lipinski definition) is 0. The first-order valence-electron chi connectivity index (χ1n) is 4.58. The second-order valence-corrected chi connectivity index (χ2v) is 3.18. The molecule has 0 heterocycles. The van der Waals surface area contributed by atoms with Crippen molar-refractivity contribution in [1.29, 1.82) is 0 Å². The van der Waals surface area contributed by atoms with E-state index >= 15 is 0 Å². The molecule has 1 aromatic rings. The lowest BCUT2D eigenvalue weighted by Crippen LogP contribution is -1.88. The van der Waals surface area contributed by atoms with Crippen LogP contribution in [0.5, 0.6) is 0 Å². The van der Waals surface area contributed by atoms with Gasteiger partial charge in [0.1, 0.15) is 5.83 Å². The van der Waals surface area contributed by atoms with Crippen molar-refractivity contribution in [3.63, 3.8) is 0 Å². The summed E-state index contributed by atoms with van der Waals surface area (Å²) in [5, 5.41) is 0. The molecule has 0 aliphatic rings.